The maximum Gasteiger partial charge on any atom is 0.418 e. The van der Waals surface area contributed by atoms with Crippen LogP contribution in [0.15, 0.2) is 47.5 Å². The van der Waals surface area contributed by atoms with Gasteiger partial charge in [-0.05, 0) is 48.6 Å². The molecule has 158 valence electrons. The Bertz CT molecular complexity index is 953. The van der Waals surface area contributed by atoms with Crippen molar-refractivity contribution < 1.29 is 22.7 Å². The summed E-state index contributed by atoms with van der Waals surface area (Å²) < 4.78 is 46.1. The lowest BCUT2D eigenvalue weighted by Gasteiger charge is -2.23. The Labute approximate surface area is 172 Å². The molecular weight excluding hydrogens is 395 g/mol. The maximum absolute atomic E-state index is 13.6. The molecule has 30 heavy (non-hydrogen) atoms. The second-order valence-electron chi connectivity index (χ2n) is 7.50. The van der Waals surface area contributed by atoms with E-state index in [1.54, 1.807) is 24.3 Å². The van der Waals surface area contributed by atoms with Gasteiger partial charge in [0.05, 0.1) is 11.3 Å². The fourth-order valence-electron chi connectivity index (χ4n) is 3.75. The molecule has 2 aliphatic rings. The molecule has 4 rings (SSSR count). The lowest BCUT2D eigenvalue weighted by atomic mass is 10.00. The minimum atomic E-state index is -4.51. The molecule has 0 bridgehead atoms. The van der Waals surface area contributed by atoms with Crippen molar-refractivity contribution in [2.24, 2.45) is 10.9 Å². The third-order valence-corrected chi connectivity index (χ3v) is 5.44. The van der Waals surface area contributed by atoms with Crippen LogP contribution < -0.4 is 10.6 Å². The number of amides is 1. The van der Waals surface area contributed by atoms with Gasteiger partial charge in [-0.15, -0.1) is 0 Å². The molecule has 1 atom stereocenters. The molecule has 1 unspecified atom stereocenters. The van der Waals surface area contributed by atoms with Crippen LogP contribution in [-0.2, 0) is 15.7 Å². The number of hydrogen-bond acceptors (Lipinski definition) is 4. The van der Waals surface area contributed by atoms with Crippen molar-refractivity contribution in [1.29, 1.82) is 0 Å². The van der Waals surface area contributed by atoms with Crippen molar-refractivity contribution in [3.63, 3.8) is 0 Å². The van der Waals surface area contributed by atoms with E-state index in [4.69, 9.17) is 4.74 Å². The number of para-hydroxylation sites is 1. The summed E-state index contributed by atoms with van der Waals surface area (Å²) in [7, 11) is 0. The first-order chi connectivity index (χ1) is 14.4. The van der Waals surface area contributed by atoms with Gasteiger partial charge < -0.3 is 15.4 Å². The Kier molecular flexibility index (Phi) is 5.76. The van der Waals surface area contributed by atoms with Gasteiger partial charge in [0.1, 0.15) is 5.92 Å². The summed E-state index contributed by atoms with van der Waals surface area (Å²) in [6.45, 7) is 1.75. The van der Waals surface area contributed by atoms with Gasteiger partial charge in [-0.25, -0.2) is 0 Å². The Morgan fingerprint density at radius 3 is 2.70 bits per heavy atom. The number of benzene rings is 2. The lowest BCUT2D eigenvalue weighted by molar-refractivity contribution is -0.137. The number of carbonyl (C=O) groups excluding carboxylic acids is 1. The van der Waals surface area contributed by atoms with Crippen LogP contribution in [0.1, 0.15) is 29.9 Å². The van der Waals surface area contributed by atoms with Crippen LogP contribution in [0.4, 0.5) is 30.2 Å². The topological polar surface area (TPSA) is 62.7 Å². The summed E-state index contributed by atoms with van der Waals surface area (Å²) in [5.74, 6) is -0.578. The van der Waals surface area contributed by atoms with Crippen LogP contribution in [0, 0.1) is 5.92 Å². The molecule has 2 aliphatic heterocycles. The first-order valence-electron chi connectivity index (χ1n) is 9.88. The van der Waals surface area contributed by atoms with Crippen molar-refractivity contribution in [2.75, 3.05) is 30.4 Å². The molecule has 1 fully saturated rings. The summed E-state index contributed by atoms with van der Waals surface area (Å²) in [6.07, 6.45) is -1.45. The van der Waals surface area contributed by atoms with Crippen LogP contribution in [-0.4, -0.2) is 31.9 Å². The number of carbonyl (C=O) groups is 1. The van der Waals surface area contributed by atoms with E-state index in [-0.39, 0.29) is 17.3 Å². The molecule has 5 nitrogen and oxygen atoms in total. The third-order valence-electron chi connectivity index (χ3n) is 5.44. The zero-order chi connectivity index (χ0) is 21.1. The summed E-state index contributed by atoms with van der Waals surface area (Å²) in [5, 5.41) is 5.69. The molecule has 2 N–H and O–H groups in total. The zero-order valence-corrected chi connectivity index (χ0v) is 16.2. The molecule has 0 saturated carbocycles. The number of nitrogens with zero attached hydrogens (tertiary/aromatic N) is 1. The van der Waals surface area contributed by atoms with Gasteiger partial charge >= 0.3 is 6.18 Å². The van der Waals surface area contributed by atoms with Crippen LogP contribution in [0.25, 0.3) is 0 Å². The number of fused-ring (bicyclic) bond motifs is 1. The van der Waals surface area contributed by atoms with Gasteiger partial charge in [0.25, 0.3) is 0 Å². The molecule has 1 saturated heterocycles. The van der Waals surface area contributed by atoms with Gasteiger partial charge in [0, 0.05) is 37.3 Å². The monoisotopic (exact) mass is 417 g/mol. The summed E-state index contributed by atoms with van der Waals surface area (Å²) in [5.41, 5.74) is 0.883. The molecule has 8 heteroatoms. The molecular formula is C22H22F3N3O2. The summed E-state index contributed by atoms with van der Waals surface area (Å²) in [6, 6.07) is 11.1. The van der Waals surface area contributed by atoms with E-state index >= 15 is 0 Å². The van der Waals surface area contributed by atoms with Crippen LogP contribution in [0.3, 0.4) is 0 Å². The number of halogens is 3. The van der Waals surface area contributed by atoms with E-state index in [0.717, 1.165) is 24.5 Å². The standard InChI is InChI=1S/C22H22F3N3O2/c23-22(24,25)18-11-15(5-6-20(18)27-12-14-7-9-30-10-8-14)26-13-17-16-3-1-2-4-19(16)28-21(17)29/h1-6,11,13-14,17,27H,7-10,12H2,(H,28,29). The summed E-state index contributed by atoms with van der Waals surface area (Å²) in [4.78, 5) is 16.3. The fraction of sp³-hybridized carbons (Fsp3) is 0.364. The van der Waals surface area contributed by atoms with E-state index in [2.05, 4.69) is 15.6 Å². The Morgan fingerprint density at radius 2 is 1.93 bits per heavy atom. The molecule has 0 spiro atoms. The minimum Gasteiger partial charge on any atom is -0.384 e. The Morgan fingerprint density at radius 1 is 1.17 bits per heavy atom. The average molecular weight is 417 g/mol. The second kappa shape index (κ2) is 8.47. The number of alkyl halides is 3. The van der Waals surface area contributed by atoms with Gasteiger partial charge in [-0.1, -0.05) is 18.2 Å². The molecule has 0 aromatic heterocycles. The highest BCUT2D eigenvalue weighted by atomic mass is 19.4. The van der Waals surface area contributed by atoms with Crippen LogP contribution >= 0.6 is 0 Å². The number of anilines is 2. The van der Waals surface area contributed by atoms with Crippen molar-refractivity contribution in [3.8, 4) is 0 Å². The predicted molar refractivity (Wildman–Crippen MR) is 109 cm³/mol. The van der Waals surface area contributed by atoms with E-state index < -0.39 is 17.7 Å². The van der Waals surface area contributed by atoms with Crippen LogP contribution in [0.5, 0.6) is 0 Å². The molecule has 0 radical (unpaired) electrons. The number of aliphatic imine (C=N–C) groups is 1. The van der Waals surface area contributed by atoms with Crippen molar-refractivity contribution in [3.05, 3.63) is 53.6 Å². The number of hydrogen-bond donors (Lipinski definition) is 2. The molecule has 0 aliphatic carbocycles. The fourth-order valence-corrected chi connectivity index (χ4v) is 3.75. The minimum absolute atomic E-state index is 0.0388. The average Bonchev–Trinajstić information content (AvgIpc) is 3.06. The highest BCUT2D eigenvalue weighted by molar-refractivity contribution is 6.12. The first-order valence-corrected chi connectivity index (χ1v) is 9.88. The van der Waals surface area contributed by atoms with Crippen molar-refractivity contribution in [1.82, 2.24) is 0 Å². The van der Waals surface area contributed by atoms with E-state index in [9.17, 15) is 18.0 Å². The number of nitrogens with one attached hydrogen (secondary N) is 2. The first kappa shape index (κ1) is 20.4. The Balaban J connectivity index is 1.53. The molecule has 1 amide bonds. The van der Waals surface area contributed by atoms with Crippen LogP contribution in [0.2, 0.25) is 0 Å². The van der Waals surface area contributed by atoms with Gasteiger partial charge in [0.15, 0.2) is 0 Å². The SMILES string of the molecule is O=C1Nc2ccccc2C1C=Nc1ccc(NCC2CCOCC2)c(C(F)(F)F)c1. The molecule has 2 aromatic carbocycles. The molecule has 2 aromatic rings. The largest absolute Gasteiger partial charge is 0.418 e. The zero-order valence-electron chi connectivity index (χ0n) is 16.2. The van der Waals surface area contributed by atoms with Crippen molar-refractivity contribution in [2.45, 2.75) is 24.9 Å². The van der Waals surface area contributed by atoms with Gasteiger partial charge in [-0.3, -0.25) is 9.79 Å². The van der Waals surface area contributed by atoms with E-state index in [0.29, 0.717) is 31.4 Å². The quantitative estimate of drug-likeness (QED) is 0.675. The lowest BCUT2D eigenvalue weighted by Crippen LogP contribution is -2.23. The van der Waals surface area contributed by atoms with Gasteiger partial charge in [-0.2, -0.15) is 13.2 Å². The smallest absolute Gasteiger partial charge is 0.384 e. The third kappa shape index (κ3) is 4.48. The summed E-state index contributed by atoms with van der Waals surface area (Å²) >= 11 is 0. The predicted octanol–water partition coefficient (Wildman–Crippen LogP) is 4.98. The highest BCUT2D eigenvalue weighted by Gasteiger charge is 2.34. The number of rotatable bonds is 5. The Hall–Kier alpha value is -2.87. The maximum atomic E-state index is 13.6. The molecule has 2 heterocycles. The van der Waals surface area contributed by atoms with Crippen molar-refractivity contribution >= 4 is 29.2 Å². The number of ether oxygens (including phenoxy) is 1. The normalized spacial score (nSPS) is 19.7. The van der Waals surface area contributed by atoms with E-state index in [1.807, 2.05) is 0 Å². The van der Waals surface area contributed by atoms with Gasteiger partial charge in [0.2, 0.25) is 5.91 Å². The highest BCUT2D eigenvalue weighted by Crippen LogP contribution is 2.38. The second-order valence-corrected chi connectivity index (χ2v) is 7.50. The van der Waals surface area contributed by atoms with E-state index in [1.165, 1.54) is 18.3 Å².